The largest absolute Gasteiger partial charge is 0.506 e. The van der Waals surface area contributed by atoms with Crippen molar-refractivity contribution in [1.29, 1.82) is 0 Å². The quantitative estimate of drug-likeness (QED) is 0.263. The molecule has 1 aromatic heterocycles. The summed E-state index contributed by atoms with van der Waals surface area (Å²) in [5.74, 6) is -2.51. The molecule has 1 amide bonds. The number of aromatic hydroxyl groups is 1. The van der Waals surface area contributed by atoms with Crippen molar-refractivity contribution in [3.8, 4) is 5.75 Å². The van der Waals surface area contributed by atoms with Crippen LogP contribution in [0, 0.1) is 0 Å². The number of carbonyl (C=O) groups is 2. The number of amides is 1. The number of rotatable bonds is 4. The number of nitrogens with zero attached hydrogens (tertiary/aromatic N) is 1. The maximum absolute atomic E-state index is 13.8. The normalized spacial score (nSPS) is 16.2. The molecule has 4 aromatic rings. The molecule has 188 valence electrons. The average molecular weight is 536 g/mol. The van der Waals surface area contributed by atoms with Gasteiger partial charge in [0.15, 0.2) is 11.5 Å². The average Bonchev–Trinajstić information content (AvgIpc) is 3.38. The molecule has 1 aliphatic rings. The summed E-state index contributed by atoms with van der Waals surface area (Å²) in [7, 11) is 0. The lowest BCUT2D eigenvalue weighted by molar-refractivity contribution is -0.117. The van der Waals surface area contributed by atoms with Gasteiger partial charge in [0, 0.05) is 15.4 Å². The molecule has 0 fully saturated rings. The van der Waals surface area contributed by atoms with Crippen LogP contribution < -0.4 is 4.90 Å². The van der Waals surface area contributed by atoms with Crippen LogP contribution in [0.3, 0.4) is 0 Å². The second-order valence-corrected chi connectivity index (χ2v) is 10.8. The van der Waals surface area contributed by atoms with Gasteiger partial charge in [-0.1, -0.05) is 68.2 Å². The lowest BCUT2D eigenvalue weighted by atomic mass is 9.85. The third-order valence-electron chi connectivity index (χ3n) is 6.44. The summed E-state index contributed by atoms with van der Waals surface area (Å²) >= 11 is 12.3. The van der Waals surface area contributed by atoms with Crippen LogP contribution in [0.25, 0.3) is 11.0 Å². The Morgan fingerprint density at radius 1 is 0.919 bits per heavy atom. The Morgan fingerprint density at radius 2 is 1.57 bits per heavy atom. The first-order valence-corrected chi connectivity index (χ1v) is 12.3. The van der Waals surface area contributed by atoms with Gasteiger partial charge in [-0.3, -0.25) is 14.5 Å². The van der Waals surface area contributed by atoms with E-state index in [1.54, 1.807) is 30.3 Å². The highest BCUT2D eigenvalue weighted by Gasteiger charge is 2.46. The fourth-order valence-electron chi connectivity index (χ4n) is 4.51. The number of ketones is 1. The van der Waals surface area contributed by atoms with Gasteiger partial charge >= 0.3 is 0 Å². The van der Waals surface area contributed by atoms with Gasteiger partial charge in [-0.25, -0.2) is 0 Å². The molecule has 0 radical (unpaired) electrons. The second kappa shape index (κ2) is 8.98. The van der Waals surface area contributed by atoms with Gasteiger partial charge in [0.05, 0.1) is 17.3 Å². The summed E-state index contributed by atoms with van der Waals surface area (Å²) < 4.78 is 5.76. The van der Waals surface area contributed by atoms with Crippen molar-refractivity contribution in [3.05, 3.63) is 105 Å². The number of aliphatic hydroxyl groups is 1. The van der Waals surface area contributed by atoms with Crippen LogP contribution in [0.1, 0.15) is 48.5 Å². The number of hydrogen-bond acceptors (Lipinski definition) is 5. The molecule has 0 aliphatic carbocycles. The van der Waals surface area contributed by atoms with E-state index in [0.717, 1.165) is 5.56 Å². The van der Waals surface area contributed by atoms with Gasteiger partial charge in [-0.05, 0) is 59.0 Å². The summed E-state index contributed by atoms with van der Waals surface area (Å²) in [6, 6.07) is 17.1. The van der Waals surface area contributed by atoms with Crippen molar-refractivity contribution in [2.75, 3.05) is 4.90 Å². The minimum atomic E-state index is -1.05. The third-order valence-corrected chi connectivity index (χ3v) is 6.91. The van der Waals surface area contributed by atoms with Crippen molar-refractivity contribution in [2.24, 2.45) is 0 Å². The molecule has 1 atom stereocenters. The number of benzene rings is 3. The summed E-state index contributed by atoms with van der Waals surface area (Å²) in [5, 5.41) is 23.0. The molecule has 0 spiro atoms. The molecule has 2 N–H and O–H groups in total. The number of phenols is 1. The van der Waals surface area contributed by atoms with E-state index in [4.69, 9.17) is 27.6 Å². The molecule has 3 aromatic carbocycles. The third kappa shape index (κ3) is 4.37. The Balaban J connectivity index is 1.68. The van der Waals surface area contributed by atoms with Crippen LogP contribution in [0.4, 0.5) is 5.69 Å². The van der Waals surface area contributed by atoms with Crippen molar-refractivity contribution in [2.45, 2.75) is 32.2 Å². The summed E-state index contributed by atoms with van der Waals surface area (Å²) in [6.07, 6.45) is 0. The van der Waals surface area contributed by atoms with E-state index >= 15 is 0 Å². The van der Waals surface area contributed by atoms with Gasteiger partial charge < -0.3 is 14.6 Å². The van der Waals surface area contributed by atoms with Gasteiger partial charge in [0.2, 0.25) is 5.78 Å². The standard InChI is InChI=1S/C29H23Cl2NO5/c1-29(2,3)17-6-4-15(5-7-17)25-24(26(34)23-13-16-12-18(30)9-11-22(16)37-23)27(35)28(36)32(25)20-14-19(31)8-10-21(20)33/h4-14,25,33,35H,1-3H3. The molecule has 8 heteroatoms. The molecule has 0 bridgehead atoms. The van der Waals surface area contributed by atoms with E-state index in [2.05, 4.69) is 20.8 Å². The fourth-order valence-corrected chi connectivity index (χ4v) is 4.86. The van der Waals surface area contributed by atoms with Crippen molar-refractivity contribution < 1.29 is 24.2 Å². The first kappa shape index (κ1) is 24.9. The molecule has 0 saturated heterocycles. The zero-order valence-electron chi connectivity index (χ0n) is 20.3. The van der Waals surface area contributed by atoms with Crippen LogP contribution in [-0.2, 0) is 10.2 Å². The molecule has 1 unspecified atom stereocenters. The van der Waals surface area contributed by atoms with Crippen LogP contribution in [0.5, 0.6) is 5.75 Å². The van der Waals surface area contributed by atoms with E-state index in [1.165, 1.54) is 29.2 Å². The zero-order chi connectivity index (χ0) is 26.6. The minimum absolute atomic E-state index is 0.0555. The molecule has 6 nitrogen and oxygen atoms in total. The molecule has 5 rings (SSSR count). The van der Waals surface area contributed by atoms with Gasteiger partial charge in [-0.2, -0.15) is 0 Å². The number of carbonyl (C=O) groups excluding carboxylic acids is 2. The van der Waals surface area contributed by atoms with Gasteiger partial charge in [0.1, 0.15) is 11.3 Å². The van der Waals surface area contributed by atoms with Crippen LogP contribution in [0.15, 0.2) is 82.5 Å². The Morgan fingerprint density at radius 3 is 2.24 bits per heavy atom. The number of halogens is 2. The monoisotopic (exact) mass is 535 g/mol. The lowest BCUT2D eigenvalue weighted by Gasteiger charge is -2.28. The number of anilines is 1. The summed E-state index contributed by atoms with van der Waals surface area (Å²) in [5.41, 5.74) is 1.82. The van der Waals surface area contributed by atoms with Crippen LogP contribution in [-0.4, -0.2) is 21.9 Å². The second-order valence-electron chi connectivity index (χ2n) is 9.97. The Hall–Kier alpha value is -3.74. The maximum Gasteiger partial charge on any atom is 0.294 e. The fraction of sp³-hybridized carbons (Fsp3) is 0.172. The molecular weight excluding hydrogens is 513 g/mol. The predicted molar refractivity (Wildman–Crippen MR) is 144 cm³/mol. The Labute approximate surface area is 223 Å². The number of Topliss-reactive ketones (excluding diaryl/α,β-unsaturated/α-hetero) is 1. The number of hydrogen-bond donors (Lipinski definition) is 2. The smallest absolute Gasteiger partial charge is 0.294 e. The molecule has 2 heterocycles. The minimum Gasteiger partial charge on any atom is -0.506 e. The Kier molecular flexibility index (Phi) is 6.05. The lowest BCUT2D eigenvalue weighted by Crippen LogP contribution is -2.31. The van der Waals surface area contributed by atoms with Crippen LogP contribution in [0.2, 0.25) is 10.0 Å². The van der Waals surface area contributed by atoms with Crippen molar-refractivity contribution >= 4 is 51.5 Å². The van der Waals surface area contributed by atoms with Crippen molar-refractivity contribution in [3.63, 3.8) is 0 Å². The molecule has 0 saturated carbocycles. The highest BCUT2D eigenvalue weighted by atomic mass is 35.5. The Bertz CT molecular complexity index is 1600. The predicted octanol–water partition coefficient (Wildman–Crippen LogP) is 7.53. The van der Waals surface area contributed by atoms with Crippen molar-refractivity contribution in [1.82, 2.24) is 0 Å². The van der Waals surface area contributed by atoms with E-state index < -0.39 is 23.5 Å². The van der Waals surface area contributed by atoms with E-state index in [0.29, 0.717) is 21.6 Å². The SMILES string of the molecule is CC(C)(C)c1ccc(C2C(C(=O)c3cc4cc(Cl)ccc4o3)=C(O)C(=O)N2c2cc(Cl)ccc2O)cc1. The van der Waals surface area contributed by atoms with Gasteiger partial charge in [-0.15, -0.1) is 0 Å². The first-order valence-electron chi connectivity index (χ1n) is 11.5. The number of phenolic OH excluding ortho intramolecular Hbond substituents is 1. The first-order chi connectivity index (χ1) is 17.5. The highest BCUT2D eigenvalue weighted by molar-refractivity contribution is 6.31. The highest BCUT2D eigenvalue weighted by Crippen LogP contribution is 2.46. The molecular formula is C29H23Cl2NO5. The molecule has 1 aliphatic heterocycles. The molecule has 37 heavy (non-hydrogen) atoms. The van der Waals surface area contributed by atoms with E-state index in [-0.39, 0.29) is 33.2 Å². The zero-order valence-corrected chi connectivity index (χ0v) is 21.8. The van der Waals surface area contributed by atoms with E-state index in [9.17, 15) is 19.8 Å². The van der Waals surface area contributed by atoms with Gasteiger partial charge in [0.25, 0.3) is 5.91 Å². The maximum atomic E-state index is 13.8. The number of furan rings is 1. The topological polar surface area (TPSA) is 91.0 Å². The summed E-state index contributed by atoms with van der Waals surface area (Å²) in [6.45, 7) is 6.23. The van der Waals surface area contributed by atoms with E-state index in [1.807, 2.05) is 12.1 Å². The number of fused-ring (bicyclic) bond motifs is 1. The summed E-state index contributed by atoms with van der Waals surface area (Å²) in [4.78, 5) is 28.4. The number of aliphatic hydroxyl groups excluding tert-OH is 1. The van der Waals surface area contributed by atoms with Crippen LogP contribution >= 0.6 is 23.2 Å².